The SMILES string of the molecule is CCC(C)(NC(=O)CNC(=O)c1cc2ccccc2[nH]1)C(=O)O. The number of para-hydroxylation sites is 1. The molecule has 0 aliphatic rings. The number of aromatic nitrogens is 1. The minimum Gasteiger partial charge on any atom is -0.480 e. The Morgan fingerprint density at radius 3 is 2.57 bits per heavy atom. The number of hydrogen-bond donors (Lipinski definition) is 4. The molecule has 7 nitrogen and oxygen atoms in total. The number of carboxylic acids is 1. The number of benzene rings is 1. The summed E-state index contributed by atoms with van der Waals surface area (Å²) in [6, 6.07) is 9.12. The number of rotatable bonds is 6. The van der Waals surface area contributed by atoms with Crippen molar-refractivity contribution in [1.29, 1.82) is 0 Å². The molecule has 2 rings (SSSR count). The third-order valence-electron chi connectivity index (χ3n) is 3.78. The van der Waals surface area contributed by atoms with Crippen LogP contribution < -0.4 is 10.6 Å². The summed E-state index contributed by atoms with van der Waals surface area (Å²) in [7, 11) is 0. The van der Waals surface area contributed by atoms with Crippen LogP contribution in [0.3, 0.4) is 0 Å². The molecule has 0 saturated carbocycles. The van der Waals surface area contributed by atoms with E-state index in [4.69, 9.17) is 5.11 Å². The lowest BCUT2D eigenvalue weighted by Gasteiger charge is -2.24. The minimum atomic E-state index is -1.34. The number of carbonyl (C=O) groups excluding carboxylic acids is 2. The lowest BCUT2D eigenvalue weighted by molar-refractivity contribution is -0.146. The van der Waals surface area contributed by atoms with Crippen LogP contribution in [-0.2, 0) is 9.59 Å². The van der Waals surface area contributed by atoms with Crippen LogP contribution in [0.2, 0.25) is 0 Å². The van der Waals surface area contributed by atoms with E-state index in [2.05, 4.69) is 15.6 Å². The molecule has 0 radical (unpaired) electrons. The fraction of sp³-hybridized carbons (Fsp3) is 0.312. The Balaban J connectivity index is 1.96. The van der Waals surface area contributed by atoms with E-state index in [0.29, 0.717) is 5.69 Å². The van der Waals surface area contributed by atoms with Gasteiger partial charge in [-0.25, -0.2) is 4.79 Å². The van der Waals surface area contributed by atoms with Crippen molar-refractivity contribution in [2.24, 2.45) is 0 Å². The number of carboxylic acid groups (broad SMARTS) is 1. The molecule has 2 amide bonds. The van der Waals surface area contributed by atoms with Crippen molar-refractivity contribution < 1.29 is 19.5 Å². The number of fused-ring (bicyclic) bond motifs is 1. The van der Waals surface area contributed by atoms with E-state index in [1.54, 1.807) is 13.0 Å². The average molecular weight is 317 g/mol. The van der Waals surface area contributed by atoms with Crippen molar-refractivity contribution in [2.75, 3.05) is 6.54 Å². The molecule has 1 aromatic heterocycles. The zero-order valence-electron chi connectivity index (χ0n) is 13.0. The zero-order valence-corrected chi connectivity index (χ0v) is 13.0. The third-order valence-corrected chi connectivity index (χ3v) is 3.78. The third kappa shape index (κ3) is 3.68. The second-order valence-corrected chi connectivity index (χ2v) is 5.49. The first-order valence-corrected chi connectivity index (χ1v) is 7.26. The van der Waals surface area contributed by atoms with E-state index in [1.165, 1.54) is 6.92 Å². The molecule has 1 atom stereocenters. The molecule has 23 heavy (non-hydrogen) atoms. The van der Waals surface area contributed by atoms with E-state index >= 15 is 0 Å². The number of H-pyrrole nitrogens is 1. The maximum absolute atomic E-state index is 12.0. The van der Waals surface area contributed by atoms with Gasteiger partial charge in [-0.3, -0.25) is 9.59 Å². The Labute approximate surface area is 133 Å². The normalized spacial score (nSPS) is 13.3. The van der Waals surface area contributed by atoms with Gasteiger partial charge in [-0.05, 0) is 25.5 Å². The van der Waals surface area contributed by atoms with Crippen LogP contribution in [0.15, 0.2) is 30.3 Å². The highest BCUT2D eigenvalue weighted by Crippen LogP contribution is 2.14. The number of carbonyl (C=O) groups is 3. The minimum absolute atomic E-state index is 0.240. The molecule has 0 aliphatic carbocycles. The highest BCUT2D eigenvalue weighted by atomic mass is 16.4. The number of aromatic amines is 1. The van der Waals surface area contributed by atoms with Gasteiger partial charge >= 0.3 is 5.97 Å². The van der Waals surface area contributed by atoms with E-state index < -0.39 is 23.3 Å². The summed E-state index contributed by atoms with van der Waals surface area (Å²) in [5.41, 5.74) is -0.176. The zero-order chi connectivity index (χ0) is 17.0. The monoisotopic (exact) mass is 317 g/mol. The Morgan fingerprint density at radius 2 is 1.96 bits per heavy atom. The van der Waals surface area contributed by atoms with Crippen LogP contribution in [0.4, 0.5) is 0 Å². The topological polar surface area (TPSA) is 111 Å². The van der Waals surface area contributed by atoms with Crippen LogP contribution in [0, 0.1) is 0 Å². The summed E-state index contributed by atoms with van der Waals surface area (Å²) >= 11 is 0. The maximum atomic E-state index is 12.0. The smallest absolute Gasteiger partial charge is 0.329 e. The largest absolute Gasteiger partial charge is 0.480 e. The molecule has 1 heterocycles. The molecule has 1 aromatic carbocycles. The second-order valence-electron chi connectivity index (χ2n) is 5.49. The average Bonchev–Trinajstić information content (AvgIpc) is 2.96. The van der Waals surface area contributed by atoms with Crippen LogP contribution in [0.5, 0.6) is 0 Å². The summed E-state index contributed by atoms with van der Waals surface area (Å²) in [5.74, 6) is -2.10. The second kappa shape index (κ2) is 6.51. The van der Waals surface area contributed by atoms with Crippen molar-refractivity contribution in [2.45, 2.75) is 25.8 Å². The van der Waals surface area contributed by atoms with Crippen molar-refractivity contribution in [3.05, 3.63) is 36.0 Å². The van der Waals surface area contributed by atoms with Gasteiger partial charge in [0, 0.05) is 10.9 Å². The Hall–Kier alpha value is -2.83. The lowest BCUT2D eigenvalue weighted by Crippen LogP contribution is -2.54. The van der Waals surface area contributed by atoms with Gasteiger partial charge in [0.05, 0.1) is 6.54 Å². The maximum Gasteiger partial charge on any atom is 0.329 e. The summed E-state index contributed by atoms with van der Waals surface area (Å²) in [4.78, 5) is 38.0. The molecule has 1 unspecified atom stereocenters. The first-order valence-electron chi connectivity index (χ1n) is 7.26. The summed E-state index contributed by atoms with van der Waals surface area (Å²) in [5, 5.41) is 14.9. The van der Waals surface area contributed by atoms with Crippen LogP contribution in [0.1, 0.15) is 30.8 Å². The predicted octanol–water partition coefficient (Wildman–Crippen LogP) is 1.27. The van der Waals surface area contributed by atoms with Crippen molar-refractivity contribution in [3.8, 4) is 0 Å². The van der Waals surface area contributed by atoms with Gasteiger partial charge in [0.15, 0.2) is 0 Å². The molecule has 0 saturated heterocycles. The van der Waals surface area contributed by atoms with E-state index in [-0.39, 0.29) is 13.0 Å². The molecule has 0 bridgehead atoms. The van der Waals surface area contributed by atoms with Gasteiger partial charge in [-0.1, -0.05) is 25.1 Å². The van der Waals surface area contributed by atoms with Gasteiger partial charge in [0.1, 0.15) is 11.2 Å². The van der Waals surface area contributed by atoms with Crippen molar-refractivity contribution in [3.63, 3.8) is 0 Å². The van der Waals surface area contributed by atoms with Gasteiger partial charge < -0.3 is 20.7 Å². The number of nitrogens with one attached hydrogen (secondary N) is 3. The predicted molar refractivity (Wildman–Crippen MR) is 85.1 cm³/mol. The molecular weight excluding hydrogens is 298 g/mol. The van der Waals surface area contributed by atoms with E-state index in [0.717, 1.165) is 10.9 Å². The first kappa shape index (κ1) is 16.5. The molecule has 7 heteroatoms. The lowest BCUT2D eigenvalue weighted by atomic mass is 9.99. The van der Waals surface area contributed by atoms with Crippen LogP contribution in [0.25, 0.3) is 10.9 Å². The highest BCUT2D eigenvalue weighted by Gasteiger charge is 2.32. The van der Waals surface area contributed by atoms with Crippen LogP contribution in [-0.4, -0.2) is 40.0 Å². The van der Waals surface area contributed by atoms with E-state index in [1.807, 2.05) is 24.3 Å². The molecule has 0 aliphatic heterocycles. The molecule has 2 aromatic rings. The summed E-state index contributed by atoms with van der Waals surface area (Å²) in [6.45, 7) is 2.79. The van der Waals surface area contributed by atoms with Gasteiger partial charge in [0.25, 0.3) is 5.91 Å². The van der Waals surface area contributed by atoms with Crippen molar-refractivity contribution >= 4 is 28.7 Å². The number of hydrogen-bond acceptors (Lipinski definition) is 3. The molecule has 0 fully saturated rings. The van der Waals surface area contributed by atoms with E-state index in [9.17, 15) is 14.4 Å². The Kier molecular flexibility index (Phi) is 4.68. The first-order chi connectivity index (χ1) is 10.9. The standard InChI is InChI=1S/C16H19N3O4/c1-3-16(2,15(22)23)19-13(20)9-17-14(21)12-8-10-6-4-5-7-11(10)18-12/h4-8,18H,3,9H2,1-2H3,(H,17,21)(H,19,20)(H,22,23). The Morgan fingerprint density at radius 1 is 1.26 bits per heavy atom. The fourth-order valence-electron chi connectivity index (χ4n) is 2.10. The number of amides is 2. The van der Waals surface area contributed by atoms with Crippen molar-refractivity contribution in [1.82, 2.24) is 15.6 Å². The quantitative estimate of drug-likeness (QED) is 0.643. The summed E-state index contributed by atoms with van der Waals surface area (Å²) < 4.78 is 0. The van der Waals surface area contributed by atoms with Gasteiger partial charge in [-0.15, -0.1) is 0 Å². The molecular formula is C16H19N3O4. The Bertz CT molecular complexity index is 720. The molecule has 4 N–H and O–H groups in total. The molecule has 0 spiro atoms. The molecule has 122 valence electrons. The highest BCUT2D eigenvalue weighted by molar-refractivity contribution is 5.99. The van der Waals surface area contributed by atoms with Gasteiger partial charge in [-0.2, -0.15) is 0 Å². The number of aliphatic carboxylic acids is 1. The van der Waals surface area contributed by atoms with Crippen LogP contribution >= 0.6 is 0 Å². The van der Waals surface area contributed by atoms with Gasteiger partial charge in [0.2, 0.25) is 5.91 Å². The summed E-state index contributed by atoms with van der Waals surface area (Å²) in [6.07, 6.45) is 0.240. The fourth-order valence-corrected chi connectivity index (χ4v) is 2.10.